The molecule has 0 saturated heterocycles. The van der Waals surface area contributed by atoms with Gasteiger partial charge in [-0.15, -0.1) is 10.2 Å². The van der Waals surface area contributed by atoms with E-state index in [4.69, 9.17) is 5.11 Å². The van der Waals surface area contributed by atoms with Crippen LogP contribution in [0.1, 0.15) is 39.7 Å². The Morgan fingerprint density at radius 3 is 2.58 bits per heavy atom. The molecule has 2 rings (SSSR count). The molecule has 1 aromatic heterocycles. The standard InChI is InChI=1S/C16H21N5O3/c1-11(15(24)17-16(2,3)10-9-13(22)23)21-19-14(18-20-21)12-7-5-4-6-8-12/h4-8,11H,9-10H2,1-3H3,(H,17,24)(H,22,23). The molecule has 8 nitrogen and oxygen atoms in total. The molecule has 0 bridgehead atoms. The first kappa shape index (κ1) is 17.6. The van der Waals surface area contributed by atoms with Crippen molar-refractivity contribution >= 4 is 11.9 Å². The van der Waals surface area contributed by atoms with Crippen LogP contribution in [0.15, 0.2) is 30.3 Å². The quantitative estimate of drug-likeness (QED) is 0.798. The Morgan fingerprint density at radius 2 is 1.96 bits per heavy atom. The van der Waals surface area contributed by atoms with Crippen LogP contribution in [-0.2, 0) is 9.59 Å². The third kappa shape index (κ3) is 4.61. The summed E-state index contributed by atoms with van der Waals surface area (Å²) in [6.07, 6.45) is 0.322. The second-order valence-corrected chi connectivity index (χ2v) is 6.24. The third-order valence-electron chi connectivity index (χ3n) is 3.61. The highest BCUT2D eigenvalue weighted by Gasteiger charge is 2.26. The molecule has 1 aromatic carbocycles. The van der Waals surface area contributed by atoms with E-state index in [0.717, 1.165) is 5.56 Å². The predicted molar refractivity (Wildman–Crippen MR) is 87.1 cm³/mol. The number of tetrazole rings is 1. The van der Waals surface area contributed by atoms with Gasteiger partial charge < -0.3 is 10.4 Å². The molecule has 1 atom stereocenters. The molecule has 1 heterocycles. The second-order valence-electron chi connectivity index (χ2n) is 6.24. The van der Waals surface area contributed by atoms with Crippen LogP contribution in [0.3, 0.4) is 0 Å². The van der Waals surface area contributed by atoms with E-state index in [9.17, 15) is 9.59 Å². The molecule has 128 valence electrons. The summed E-state index contributed by atoms with van der Waals surface area (Å²) in [6.45, 7) is 5.23. The van der Waals surface area contributed by atoms with E-state index in [-0.39, 0.29) is 12.3 Å². The van der Waals surface area contributed by atoms with Crippen LogP contribution in [0.5, 0.6) is 0 Å². The number of aromatic nitrogens is 4. The number of aliphatic carboxylic acids is 1. The number of carboxylic acid groups (broad SMARTS) is 1. The Bertz CT molecular complexity index is 712. The molecule has 0 aliphatic rings. The molecular formula is C16H21N5O3. The molecule has 0 spiro atoms. The van der Waals surface area contributed by atoms with Gasteiger partial charge in [0.25, 0.3) is 0 Å². The van der Waals surface area contributed by atoms with Gasteiger partial charge in [-0.2, -0.15) is 4.80 Å². The van der Waals surface area contributed by atoms with Gasteiger partial charge >= 0.3 is 5.97 Å². The number of carboxylic acids is 1. The number of amides is 1. The summed E-state index contributed by atoms with van der Waals surface area (Å²) >= 11 is 0. The van der Waals surface area contributed by atoms with Crippen LogP contribution in [-0.4, -0.2) is 42.7 Å². The summed E-state index contributed by atoms with van der Waals surface area (Å²) in [5.41, 5.74) is 0.185. The zero-order valence-corrected chi connectivity index (χ0v) is 13.9. The molecule has 0 aliphatic carbocycles. The van der Waals surface area contributed by atoms with Crippen molar-refractivity contribution in [2.45, 2.75) is 45.2 Å². The molecule has 2 N–H and O–H groups in total. The van der Waals surface area contributed by atoms with Gasteiger partial charge in [-0.3, -0.25) is 9.59 Å². The molecule has 0 saturated carbocycles. The van der Waals surface area contributed by atoms with E-state index in [1.54, 1.807) is 20.8 Å². The lowest BCUT2D eigenvalue weighted by Crippen LogP contribution is -2.46. The summed E-state index contributed by atoms with van der Waals surface area (Å²) in [5.74, 6) is -0.737. The van der Waals surface area contributed by atoms with Gasteiger partial charge in [-0.05, 0) is 32.4 Å². The maximum Gasteiger partial charge on any atom is 0.303 e. The van der Waals surface area contributed by atoms with Crippen molar-refractivity contribution < 1.29 is 14.7 Å². The molecule has 1 unspecified atom stereocenters. The zero-order valence-electron chi connectivity index (χ0n) is 13.9. The first-order chi connectivity index (χ1) is 11.3. The number of carbonyl (C=O) groups excluding carboxylic acids is 1. The number of hydrogen-bond acceptors (Lipinski definition) is 5. The lowest BCUT2D eigenvalue weighted by Gasteiger charge is -2.27. The predicted octanol–water partition coefficient (Wildman–Crippen LogP) is 1.66. The normalized spacial score (nSPS) is 12.6. The number of rotatable bonds is 7. The first-order valence-electron chi connectivity index (χ1n) is 7.67. The molecule has 0 radical (unpaired) electrons. The summed E-state index contributed by atoms with van der Waals surface area (Å²) in [4.78, 5) is 24.3. The van der Waals surface area contributed by atoms with Gasteiger partial charge in [-0.1, -0.05) is 30.3 Å². The number of benzene rings is 1. The Hall–Kier alpha value is -2.77. The van der Waals surface area contributed by atoms with Gasteiger partial charge in [0.15, 0.2) is 0 Å². The van der Waals surface area contributed by atoms with E-state index in [0.29, 0.717) is 12.2 Å². The molecule has 0 fully saturated rings. The number of nitrogens with zero attached hydrogens (tertiary/aromatic N) is 4. The van der Waals surface area contributed by atoms with Crippen LogP contribution in [0.4, 0.5) is 0 Å². The summed E-state index contributed by atoms with van der Waals surface area (Å²) < 4.78 is 0. The highest BCUT2D eigenvalue weighted by atomic mass is 16.4. The van der Waals surface area contributed by atoms with Crippen molar-refractivity contribution in [2.75, 3.05) is 0 Å². The zero-order chi connectivity index (χ0) is 17.7. The number of hydrogen-bond donors (Lipinski definition) is 2. The monoisotopic (exact) mass is 331 g/mol. The van der Waals surface area contributed by atoms with Crippen LogP contribution >= 0.6 is 0 Å². The maximum absolute atomic E-state index is 12.4. The number of nitrogens with one attached hydrogen (secondary N) is 1. The second kappa shape index (κ2) is 7.20. The molecule has 1 amide bonds. The Labute approximate surface area is 139 Å². The highest BCUT2D eigenvalue weighted by molar-refractivity contribution is 5.80. The minimum absolute atomic E-state index is 0.0125. The fraction of sp³-hybridized carbons (Fsp3) is 0.438. The van der Waals surface area contributed by atoms with Crippen molar-refractivity contribution in [3.63, 3.8) is 0 Å². The molecule has 8 heteroatoms. The van der Waals surface area contributed by atoms with E-state index in [1.165, 1.54) is 4.80 Å². The van der Waals surface area contributed by atoms with Crippen molar-refractivity contribution in [3.8, 4) is 11.4 Å². The lowest BCUT2D eigenvalue weighted by molar-refractivity contribution is -0.138. The van der Waals surface area contributed by atoms with Gasteiger partial charge in [0.05, 0.1) is 0 Å². The van der Waals surface area contributed by atoms with Gasteiger partial charge in [-0.25, -0.2) is 0 Å². The van der Waals surface area contributed by atoms with Gasteiger partial charge in [0.1, 0.15) is 6.04 Å². The van der Waals surface area contributed by atoms with Crippen molar-refractivity contribution in [3.05, 3.63) is 30.3 Å². The van der Waals surface area contributed by atoms with Gasteiger partial charge in [0.2, 0.25) is 11.7 Å². The van der Waals surface area contributed by atoms with Crippen molar-refractivity contribution in [2.24, 2.45) is 0 Å². The third-order valence-corrected chi connectivity index (χ3v) is 3.61. The van der Waals surface area contributed by atoms with Crippen LogP contribution < -0.4 is 5.32 Å². The van der Waals surface area contributed by atoms with Crippen molar-refractivity contribution in [1.29, 1.82) is 0 Å². The Balaban J connectivity index is 2.03. The average molecular weight is 331 g/mol. The molecule has 2 aromatic rings. The minimum Gasteiger partial charge on any atom is -0.481 e. The average Bonchev–Trinajstić information content (AvgIpc) is 3.02. The molecule has 24 heavy (non-hydrogen) atoms. The summed E-state index contributed by atoms with van der Waals surface area (Å²) in [7, 11) is 0. The number of carbonyl (C=O) groups is 2. The van der Waals surface area contributed by atoms with Crippen LogP contribution in [0, 0.1) is 0 Å². The summed E-state index contributed by atoms with van der Waals surface area (Å²) in [6, 6.07) is 8.71. The largest absolute Gasteiger partial charge is 0.481 e. The highest BCUT2D eigenvalue weighted by Crippen LogP contribution is 2.16. The fourth-order valence-electron chi connectivity index (χ4n) is 2.12. The van der Waals surface area contributed by atoms with E-state index < -0.39 is 17.6 Å². The fourth-order valence-corrected chi connectivity index (χ4v) is 2.12. The van der Waals surface area contributed by atoms with E-state index in [2.05, 4.69) is 20.7 Å². The maximum atomic E-state index is 12.4. The topological polar surface area (TPSA) is 110 Å². The lowest BCUT2D eigenvalue weighted by atomic mass is 9.98. The van der Waals surface area contributed by atoms with Crippen molar-refractivity contribution in [1.82, 2.24) is 25.5 Å². The van der Waals surface area contributed by atoms with Crippen LogP contribution in [0.25, 0.3) is 11.4 Å². The van der Waals surface area contributed by atoms with E-state index in [1.807, 2.05) is 30.3 Å². The molecular weight excluding hydrogens is 310 g/mol. The first-order valence-corrected chi connectivity index (χ1v) is 7.67. The smallest absolute Gasteiger partial charge is 0.303 e. The minimum atomic E-state index is -0.893. The Morgan fingerprint density at radius 1 is 1.29 bits per heavy atom. The van der Waals surface area contributed by atoms with Gasteiger partial charge in [0, 0.05) is 17.5 Å². The van der Waals surface area contributed by atoms with E-state index >= 15 is 0 Å². The summed E-state index contributed by atoms with van der Waals surface area (Å²) in [5, 5.41) is 23.7. The molecule has 0 aliphatic heterocycles. The Kier molecular flexibility index (Phi) is 5.28. The SMILES string of the molecule is CC(C(=O)NC(C)(C)CCC(=O)O)n1nnc(-c2ccccc2)n1. The van der Waals surface area contributed by atoms with Crippen LogP contribution in [0.2, 0.25) is 0 Å².